The van der Waals surface area contributed by atoms with Crippen LogP contribution in [0.2, 0.25) is 0 Å². The van der Waals surface area contributed by atoms with Gasteiger partial charge in [0, 0.05) is 19.2 Å². The van der Waals surface area contributed by atoms with E-state index < -0.39 is 0 Å². The van der Waals surface area contributed by atoms with Gasteiger partial charge in [0.15, 0.2) is 0 Å². The molecule has 0 aromatic heterocycles. The predicted molar refractivity (Wildman–Crippen MR) is 59.3 cm³/mol. The van der Waals surface area contributed by atoms with E-state index in [9.17, 15) is 0 Å². The number of ether oxygens (including phenoxy) is 1. The smallest absolute Gasteiger partial charge is 0.0613 e. The topological polar surface area (TPSA) is 21.3 Å². The summed E-state index contributed by atoms with van der Waals surface area (Å²) < 4.78 is 5.08. The Morgan fingerprint density at radius 2 is 1.86 bits per heavy atom. The van der Waals surface area contributed by atoms with Crippen LogP contribution in [-0.2, 0) is 4.74 Å². The molecule has 0 fully saturated rings. The van der Waals surface area contributed by atoms with E-state index in [0.717, 1.165) is 6.61 Å². The normalized spacial score (nSPS) is 15.1. The summed E-state index contributed by atoms with van der Waals surface area (Å²) in [7, 11) is 1.73. The van der Waals surface area contributed by atoms with Crippen molar-refractivity contribution in [1.29, 1.82) is 0 Å². The quantitative estimate of drug-likeness (QED) is 0.775. The van der Waals surface area contributed by atoms with Gasteiger partial charge >= 0.3 is 0 Å². The standard InChI is InChI=1S/C12H19NO/c1-10(9-14-3)13-11(2)12-7-5-4-6-8-12/h4-8,10-11,13H,9H2,1-3H3. The molecule has 2 atom stereocenters. The van der Waals surface area contributed by atoms with Crippen molar-refractivity contribution in [3.05, 3.63) is 35.9 Å². The molecule has 0 aliphatic carbocycles. The summed E-state index contributed by atoms with van der Waals surface area (Å²) in [6.45, 7) is 5.04. The average molecular weight is 193 g/mol. The molecule has 0 aliphatic heterocycles. The molecule has 1 aromatic carbocycles. The lowest BCUT2D eigenvalue weighted by atomic mass is 10.1. The molecule has 2 nitrogen and oxygen atoms in total. The predicted octanol–water partition coefficient (Wildman–Crippen LogP) is 2.37. The highest BCUT2D eigenvalue weighted by Crippen LogP contribution is 2.11. The summed E-state index contributed by atoms with van der Waals surface area (Å²) >= 11 is 0. The zero-order valence-corrected chi connectivity index (χ0v) is 9.16. The van der Waals surface area contributed by atoms with Crippen molar-refractivity contribution < 1.29 is 4.74 Å². The molecule has 1 N–H and O–H groups in total. The largest absolute Gasteiger partial charge is 0.383 e. The maximum Gasteiger partial charge on any atom is 0.0613 e. The van der Waals surface area contributed by atoms with Crippen molar-refractivity contribution in [3.63, 3.8) is 0 Å². The number of methoxy groups -OCH3 is 1. The Kier molecular flexibility index (Phi) is 4.63. The van der Waals surface area contributed by atoms with Gasteiger partial charge in [0.05, 0.1) is 6.61 Å². The van der Waals surface area contributed by atoms with Gasteiger partial charge in [0.25, 0.3) is 0 Å². The van der Waals surface area contributed by atoms with Crippen LogP contribution in [0.5, 0.6) is 0 Å². The van der Waals surface area contributed by atoms with Crippen LogP contribution in [0.3, 0.4) is 0 Å². The van der Waals surface area contributed by atoms with Crippen LogP contribution in [-0.4, -0.2) is 19.8 Å². The van der Waals surface area contributed by atoms with E-state index in [2.05, 4.69) is 43.4 Å². The maximum atomic E-state index is 5.08. The van der Waals surface area contributed by atoms with Crippen molar-refractivity contribution in [1.82, 2.24) is 5.32 Å². The molecule has 0 spiro atoms. The van der Waals surface area contributed by atoms with Gasteiger partial charge in [-0.1, -0.05) is 30.3 Å². The number of hydrogen-bond acceptors (Lipinski definition) is 2. The third-order valence-electron chi connectivity index (χ3n) is 2.25. The van der Waals surface area contributed by atoms with Crippen molar-refractivity contribution in [3.8, 4) is 0 Å². The zero-order chi connectivity index (χ0) is 10.4. The van der Waals surface area contributed by atoms with Gasteiger partial charge in [0.2, 0.25) is 0 Å². The molecule has 2 heteroatoms. The minimum atomic E-state index is 0.376. The molecule has 0 aliphatic rings. The number of rotatable bonds is 5. The van der Waals surface area contributed by atoms with Crippen molar-refractivity contribution in [2.24, 2.45) is 0 Å². The Labute approximate surface area is 86.3 Å². The molecule has 0 heterocycles. The van der Waals surface area contributed by atoms with Crippen LogP contribution in [0.4, 0.5) is 0 Å². The van der Waals surface area contributed by atoms with Gasteiger partial charge in [0.1, 0.15) is 0 Å². The van der Waals surface area contributed by atoms with Crippen molar-refractivity contribution >= 4 is 0 Å². The number of nitrogens with one attached hydrogen (secondary N) is 1. The van der Waals surface area contributed by atoms with Gasteiger partial charge < -0.3 is 10.1 Å². The molecule has 1 rings (SSSR count). The Morgan fingerprint density at radius 3 is 2.43 bits per heavy atom. The average Bonchev–Trinajstić information content (AvgIpc) is 2.19. The van der Waals surface area contributed by atoms with Crippen LogP contribution in [0.15, 0.2) is 30.3 Å². The van der Waals surface area contributed by atoms with Crippen LogP contribution in [0.25, 0.3) is 0 Å². The molecule has 2 unspecified atom stereocenters. The third kappa shape index (κ3) is 3.48. The fourth-order valence-corrected chi connectivity index (χ4v) is 1.56. The molecule has 14 heavy (non-hydrogen) atoms. The van der Waals surface area contributed by atoms with Crippen LogP contribution in [0, 0.1) is 0 Å². The van der Waals surface area contributed by atoms with E-state index in [1.165, 1.54) is 5.56 Å². The van der Waals surface area contributed by atoms with E-state index in [-0.39, 0.29) is 0 Å². The van der Waals surface area contributed by atoms with Crippen LogP contribution < -0.4 is 5.32 Å². The second-order valence-electron chi connectivity index (χ2n) is 3.66. The molecule has 78 valence electrons. The van der Waals surface area contributed by atoms with E-state index in [1.54, 1.807) is 7.11 Å². The minimum Gasteiger partial charge on any atom is -0.383 e. The SMILES string of the molecule is COCC(C)NC(C)c1ccccc1. The fraction of sp³-hybridized carbons (Fsp3) is 0.500. The Morgan fingerprint density at radius 1 is 1.21 bits per heavy atom. The summed E-state index contributed by atoms with van der Waals surface area (Å²) in [4.78, 5) is 0. The second-order valence-corrected chi connectivity index (χ2v) is 3.66. The second kappa shape index (κ2) is 5.78. The zero-order valence-electron chi connectivity index (χ0n) is 9.16. The molecular weight excluding hydrogens is 174 g/mol. The summed E-state index contributed by atoms with van der Waals surface area (Å²) in [6, 6.07) is 11.2. The van der Waals surface area contributed by atoms with Gasteiger partial charge in [-0.25, -0.2) is 0 Å². The van der Waals surface area contributed by atoms with Gasteiger partial charge in [-0.05, 0) is 19.4 Å². The monoisotopic (exact) mass is 193 g/mol. The first kappa shape index (κ1) is 11.2. The highest BCUT2D eigenvalue weighted by Gasteiger charge is 2.07. The molecule has 0 amide bonds. The van der Waals surface area contributed by atoms with Crippen LogP contribution in [0.1, 0.15) is 25.5 Å². The molecule has 0 saturated heterocycles. The Bertz CT molecular complexity index is 248. The lowest BCUT2D eigenvalue weighted by Crippen LogP contribution is -2.32. The molecule has 0 saturated carbocycles. The highest BCUT2D eigenvalue weighted by atomic mass is 16.5. The highest BCUT2D eigenvalue weighted by molar-refractivity contribution is 5.18. The van der Waals surface area contributed by atoms with Gasteiger partial charge in [-0.2, -0.15) is 0 Å². The first-order chi connectivity index (χ1) is 6.74. The van der Waals surface area contributed by atoms with E-state index in [4.69, 9.17) is 4.74 Å². The fourth-order valence-electron chi connectivity index (χ4n) is 1.56. The molecule has 0 radical (unpaired) electrons. The van der Waals surface area contributed by atoms with E-state index in [1.807, 2.05) is 6.07 Å². The van der Waals surface area contributed by atoms with Crippen LogP contribution >= 0.6 is 0 Å². The van der Waals surface area contributed by atoms with E-state index >= 15 is 0 Å². The van der Waals surface area contributed by atoms with Gasteiger partial charge in [-0.15, -0.1) is 0 Å². The van der Waals surface area contributed by atoms with E-state index in [0.29, 0.717) is 12.1 Å². The van der Waals surface area contributed by atoms with Gasteiger partial charge in [-0.3, -0.25) is 0 Å². The molecule has 0 bridgehead atoms. The summed E-state index contributed by atoms with van der Waals surface area (Å²) in [6.07, 6.45) is 0. The lowest BCUT2D eigenvalue weighted by Gasteiger charge is -2.19. The lowest BCUT2D eigenvalue weighted by molar-refractivity contribution is 0.168. The Hall–Kier alpha value is -0.860. The summed E-state index contributed by atoms with van der Waals surface area (Å²) in [5.41, 5.74) is 1.32. The minimum absolute atomic E-state index is 0.376. The summed E-state index contributed by atoms with van der Waals surface area (Å²) in [5, 5.41) is 3.47. The van der Waals surface area contributed by atoms with Crippen molar-refractivity contribution in [2.75, 3.05) is 13.7 Å². The van der Waals surface area contributed by atoms with Crippen molar-refractivity contribution in [2.45, 2.75) is 25.9 Å². The Balaban J connectivity index is 2.46. The third-order valence-corrected chi connectivity index (χ3v) is 2.25. The number of hydrogen-bond donors (Lipinski definition) is 1. The molecule has 1 aromatic rings. The molecular formula is C12H19NO. The first-order valence-corrected chi connectivity index (χ1v) is 5.04. The maximum absolute atomic E-state index is 5.08. The summed E-state index contributed by atoms with van der Waals surface area (Å²) in [5.74, 6) is 0. The first-order valence-electron chi connectivity index (χ1n) is 5.04. The number of benzene rings is 1.